The second kappa shape index (κ2) is 7.39. The number of carbonyl (C=O) groups is 2. The molecular weight excluding hydrogens is 314 g/mol. The van der Waals surface area contributed by atoms with Crippen molar-refractivity contribution in [3.8, 4) is 0 Å². The van der Waals surface area contributed by atoms with E-state index in [-0.39, 0.29) is 24.1 Å². The van der Waals surface area contributed by atoms with Crippen LogP contribution in [0.15, 0.2) is 18.2 Å². The molecule has 1 unspecified atom stereocenters. The Morgan fingerprint density at radius 2 is 2.12 bits per heavy atom. The fraction of sp³-hybridized carbons (Fsp3) is 0.500. The third-order valence-corrected chi connectivity index (χ3v) is 4.24. The standard InChI is InChI=1S/C16H21N3O5/c1-10-13(4-3-5-14(10)19(23)24)17-15(20)8-9-18(12-6-7-12)11(2)16(21)22/h3-5,11-12H,6-9H2,1-2H3,(H,17,20)(H,21,22). The second-order valence-corrected chi connectivity index (χ2v) is 5.99. The number of anilines is 1. The van der Waals surface area contributed by atoms with Gasteiger partial charge in [-0.3, -0.25) is 24.6 Å². The van der Waals surface area contributed by atoms with Crippen LogP contribution >= 0.6 is 0 Å². The van der Waals surface area contributed by atoms with Gasteiger partial charge in [0.2, 0.25) is 5.91 Å². The van der Waals surface area contributed by atoms with Crippen molar-refractivity contribution in [1.82, 2.24) is 4.90 Å². The molecule has 1 aromatic rings. The molecule has 8 heteroatoms. The number of nitrogens with zero attached hydrogens (tertiary/aromatic N) is 2. The minimum absolute atomic E-state index is 0.0492. The molecule has 1 aliphatic rings. The number of nitrogens with one attached hydrogen (secondary N) is 1. The van der Waals surface area contributed by atoms with Gasteiger partial charge in [-0.05, 0) is 32.8 Å². The molecule has 2 N–H and O–H groups in total. The molecule has 24 heavy (non-hydrogen) atoms. The van der Waals surface area contributed by atoms with Gasteiger partial charge in [0.1, 0.15) is 6.04 Å². The average Bonchev–Trinajstić information content (AvgIpc) is 3.33. The maximum absolute atomic E-state index is 12.1. The predicted molar refractivity (Wildman–Crippen MR) is 87.9 cm³/mol. The number of nitro benzene ring substituents is 1. The van der Waals surface area contributed by atoms with Crippen LogP contribution in [0.3, 0.4) is 0 Å². The molecule has 1 atom stereocenters. The second-order valence-electron chi connectivity index (χ2n) is 5.99. The summed E-state index contributed by atoms with van der Waals surface area (Å²) in [6, 6.07) is 4.10. The Bertz CT molecular complexity index is 657. The number of benzene rings is 1. The maximum atomic E-state index is 12.1. The number of hydrogen-bond donors (Lipinski definition) is 2. The van der Waals surface area contributed by atoms with Crippen LogP contribution in [0.5, 0.6) is 0 Å². The maximum Gasteiger partial charge on any atom is 0.320 e. The molecule has 1 aliphatic carbocycles. The Hall–Kier alpha value is -2.48. The van der Waals surface area contributed by atoms with E-state index < -0.39 is 16.9 Å². The van der Waals surface area contributed by atoms with E-state index in [2.05, 4.69) is 5.32 Å². The van der Waals surface area contributed by atoms with Gasteiger partial charge in [0.15, 0.2) is 0 Å². The lowest BCUT2D eigenvalue weighted by molar-refractivity contribution is -0.385. The summed E-state index contributed by atoms with van der Waals surface area (Å²) in [6.07, 6.45) is 2.03. The quantitative estimate of drug-likeness (QED) is 0.556. The van der Waals surface area contributed by atoms with Gasteiger partial charge in [0.05, 0.1) is 16.2 Å². The molecule has 0 bridgehead atoms. The lowest BCUT2D eigenvalue weighted by Crippen LogP contribution is -2.42. The van der Waals surface area contributed by atoms with E-state index in [4.69, 9.17) is 5.11 Å². The largest absolute Gasteiger partial charge is 0.480 e. The molecule has 1 saturated carbocycles. The van der Waals surface area contributed by atoms with E-state index in [0.29, 0.717) is 17.8 Å². The van der Waals surface area contributed by atoms with E-state index in [1.165, 1.54) is 12.1 Å². The van der Waals surface area contributed by atoms with Crippen molar-refractivity contribution in [2.75, 3.05) is 11.9 Å². The molecule has 8 nitrogen and oxygen atoms in total. The third kappa shape index (κ3) is 4.29. The van der Waals surface area contributed by atoms with Gasteiger partial charge in [-0.1, -0.05) is 6.07 Å². The van der Waals surface area contributed by atoms with Gasteiger partial charge >= 0.3 is 5.97 Å². The molecule has 0 heterocycles. The predicted octanol–water partition coefficient (Wildman–Crippen LogP) is 2.17. The van der Waals surface area contributed by atoms with Gasteiger partial charge in [0, 0.05) is 25.1 Å². The van der Waals surface area contributed by atoms with Gasteiger partial charge in [0.25, 0.3) is 5.69 Å². The molecule has 0 saturated heterocycles. The molecule has 2 rings (SSSR count). The van der Waals surface area contributed by atoms with Crippen molar-refractivity contribution >= 4 is 23.3 Å². The van der Waals surface area contributed by atoms with E-state index in [9.17, 15) is 19.7 Å². The van der Waals surface area contributed by atoms with Crippen LogP contribution in [0.1, 0.15) is 31.7 Å². The number of nitro groups is 1. The summed E-state index contributed by atoms with van der Waals surface area (Å²) in [4.78, 5) is 35.5. The van der Waals surface area contributed by atoms with Gasteiger partial charge in [-0.15, -0.1) is 0 Å². The first-order valence-corrected chi connectivity index (χ1v) is 7.83. The normalized spacial score (nSPS) is 15.1. The highest BCUT2D eigenvalue weighted by molar-refractivity contribution is 5.92. The molecule has 0 spiro atoms. The van der Waals surface area contributed by atoms with Crippen molar-refractivity contribution < 1.29 is 19.6 Å². The summed E-state index contributed by atoms with van der Waals surface area (Å²) in [7, 11) is 0. The number of aliphatic carboxylic acids is 1. The molecule has 0 aliphatic heterocycles. The fourth-order valence-corrected chi connectivity index (χ4v) is 2.64. The van der Waals surface area contributed by atoms with E-state index in [0.717, 1.165) is 12.8 Å². The first-order chi connectivity index (χ1) is 11.3. The van der Waals surface area contributed by atoms with Crippen LogP contribution in [0.25, 0.3) is 0 Å². The molecule has 1 fully saturated rings. The molecule has 0 aromatic heterocycles. The minimum Gasteiger partial charge on any atom is -0.480 e. The van der Waals surface area contributed by atoms with Crippen LogP contribution in [-0.2, 0) is 9.59 Å². The molecule has 1 amide bonds. The first-order valence-electron chi connectivity index (χ1n) is 7.83. The Kier molecular flexibility index (Phi) is 5.50. The van der Waals surface area contributed by atoms with Crippen molar-refractivity contribution in [2.24, 2.45) is 0 Å². The highest BCUT2D eigenvalue weighted by Gasteiger charge is 2.34. The summed E-state index contributed by atoms with van der Waals surface area (Å²) < 4.78 is 0. The van der Waals surface area contributed by atoms with E-state index in [1.807, 2.05) is 4.90 Å². The fourth-order valence-electron chi connectivity index (χ4n) is 2.64. The summed E-state index contributed by atoms with van der Waals surface area (Å²) in [5.74, 6) is -1.20. The van der Waals surface area contributed by atoms with Crippen LogP contribution in [0.4, 0.5) is 11.4 Å². The number of carboxylic acid groups (broad SMARTS) is 1. The zero-order chi connectivity index (χ0) is 17.9. The first kappa shape index (κ1) is 17.9. The number of hydrogen-bond acceptors (Lipinski definition) is 5. The van der Waals surface area contributed by atoms with Gasteiger partial charge < -0.3 is 10.4 Å². The van der Waals surface area contributed by atoms with Crippen LogP contribution < -0.4 is 5.32 Å². The Morgan fingerprint density at radius 3 is 2.67 bits per heavy atom. The Morgan fingerprint density at radius 1 is 1.46 bits per heavy atom. The monoisotopic (exact) mass is 335 g/mol. The zero-order valence-electron chi connectivity index (χ0n) is 13.7. The van der Waals surface area contributed by atoms with Crippen molar-refractivity contribution in [3.05, 3.63) is 33.9 Å². The summed E-state index contributed by atoms with van der Waals surface area (Å²) in [5, 5.41) is 22.7. The number of carboxylic acids is 1. The van der Waals surface area contributed by atoms with Crippen LogP contribution in [-0.4, -0.2) is 45.4 Å². The van der Waals surface area contributed by atoms with E-state index >= 15 is 0 Å². The number of amides is 1. The summed E-state index contributed by atoms with van der Waals surface area (Å²) in [5.41, 5.74) is 0.749. The van der Waals surface area contributed by atoms with Crippen LogP contribution in [0, 0.1) is 17.0 Å². The highest BCUT2D eigenvalue weighted by atomic mass is 16.6. The topological polar surface area (TPSA) is 113 Å². The average molecular weight is 335 g/mol. The molecular formula is C16H21N3O5. The van der Waals surface area contributed by atoms with Gasteiger partial charge in [-0.2, -0.15) is 0 Å². The third-order valence-electron chi connectivity index (χ3n) is 4.24. The molecule has 1 aromatic carbocycles. The summed E-state index contributed by atoms with van der Waals surface area (Å²) >= 11 is 0. The number of carbonyl (C=O) groups excluding carboxylic acids is 1. The lowest BCUT2D eigenvalue weighted by atomic mass is 10.1. The van der Waals surface area contributed by atoms with Gasteiger partial charge in [-0.25, -0.2) is 0 Å². The highest BCUT2D eigenvalue weighted by Crippen LogP contribution is 2.29. The van der Waals surface area contributed by atoms with Crippen molar-refractivity contribution in [2.45, 2.75) is 45.2 Å². The van der Waals surface area contributed by atoms with Crippen molar-refractivity contribution in [3.63, 3.8) is 0 Å². The van der Waals surface area contributed by atoms with Crippen molar-refractivity contribution in [1.29, 1.82) is 0 Å². The smallest absolute Gasteiger partial charge is 0.320 e. The molecule has 0 radical (unpaired) electrons. The van der Waals surface area contributed by atoms with E-state index in [1.54, 1.807) is 19.9 Å². The SMILES string of the molecule is Cc1c(NC(=O)CCN(C2CC2)C(C)C(=O)O)cccc1[N+](=O)[O-]. The van der Waals surface area contributed by atoms with Crippen LogP contribution in [0.2, 0.25) is 0 Å². The molecule has 130 valence electrons. The summed E-state index contributed by atoms with van der Waals surface area (Å²) in [6.45, 7) is 3.54. The number of rotatable bonds is 8. The Balaban J connectivity index is 1.97. The zero-order valence-corrected chi connectivity index (χ0v) is 13.7. The minimum atomic E-state index is -0.906. The Labute approximate surface area is 139 Å². The lowest BCUT2D eigenvalue weighted by Gasteiger charge is -2.25.